The minimum absolute atomic E-state index is 0.0166. The average molecular weight is 500 g/mol. The number of nitrogens with zero attached hydrogens (tertiary/aromatic N) is 4. The fraction of sp³-hybridized carbons (Fsp3) is 0.458. The van der Waals surface area contributed by atoms with E-state index in [4.69, 9.17) is 4.74 Å². The molecule has 1 aromatic carbocycles. The molecule has 2 heterocycles. The molecule has 1 saturated carbocycles. The van der Waals surface area contributed by atoms with Gasteiger partial charge in [0, 0.05) is 50.1 Å². The van der Waals surface area contributed by atoms with Crippen molar-refractivity contribution >= 4 is 40.1 Å². The number of hydrogen-bond donors (Lipinski definition) is 1. The molecule has 35 heavy (non-hydrogen) atoms. The quantitative estimate of drug-likeness (QED) is 0.591. The van der Waals surface area contributed by atoms with E-state index in [9.17, 15) is 19.2 Å². The fourth-order valence-corrected chi connectivity index (χ4v) is 4.68. The van der Waals surface area contributed by atoms with Crippen LogP contribution in [0, 0.1) is 0 Å². The number of nitrogens with one attached hydrogen (secondary N) is 1. The molecule has 4 amide bonds. The highest BCUT2D eigenvalue weighted by Gasteiger charge is 2.34. The smallest absolute Gasteiger partial charge is 0.254 e. The molecule has 2 aromatic rings. The van der Waals surface area contributed by atoms with E-state index in [0.717, 1.165) is 12.8 Å². The Bertz CT molecular complexity index is 1090. The van der Waals surface area contributed by atoms with Crippen molar-refractivity contribution in [2.75, 3.05) is 45.2 Å². The molecule has 10 nitrogen and oxygen atoms in total. The van der Waals surface area contributed by atoms with Gasteiger partial charge in [-0.2, -0.15) is 0 Å². The van der Waals surface area contributed by atoms with Crippen LogP contribution in [0.1, 0.15) is 35.8 Å². The zero-order chi connectivity index (χ0) is 24.9. The molecule has 1 aliphatic heterocycles. The van der Waals surface area contributed by atoms with Gasteiger partial charge in [-0.3, -0.25) is 19.2 Å². The van der Waals surface area contributed by atoms with Crippen molar-refractivity contribution in [3.8, 4) is 5.75 Å². The van der Waals surface area contributed by atoms with Gasteiger partial charge >= 0.3 is 0 Å². The zero-order valence-corrected chi connectivity index (χ0v) is 20.7. The van der Waals surface area contributed by atoms with Crippen LogP contribution in [0.3, 0.4) is 0 Å². The zero-order valence-electron chi connectivity index (χ0n) is 19.9. The van der Waals surface area contributed by atoms with E-state index in [0.29, 0.717) is 48.3 Å². The third-order valence-corrected chi connectivity index (χ3v) is 6.91. The van der Waals surface area contributed by atoms with Gasteiger partial charge in [0.15, 0.2) is 5.13 Å². The van der Waals surface area contributed by atoms with Crippen molar-refractivity contribution in [3.63, 3.8) is 0 Å². The van der Waals surface area contributed by atoms with Gasteiger partial charge in [0.05, 0.1) is 19.2 Å². The summed E-state index contributed by atoms with van der Waals surface area (Å²) in [5, 5.41) is 4.90. The maximum absolute atomic E-state index is 13.0. The van der Waals surface area contributed by atoms with Gasteiger partial charge in [-0.1, -0.05) is 0 Å². The number of methoxy groups -OCH3 is 1. The van der Waals surface area contributed by atoms with E-state index in [1.54, 1.807) is 51.5 Å². The van der Waals surface area contributed by atoms with Crippen molar-refractivity contribution in [2.24, 2.45) is 0 Å². The van der Waals surface area contributed by atoms with Gasteiger partial charge in [-0.15, -0.1) is 11.3 Å². The largest absolute Gasteiger partial charge is 0.497 e. The van der Waals surface area contributed by atoms with Crippen LogP contribution in [0.2, 0.25) is 0 Å². The molecule has 1 saturated heterocycles. The summed E-state index contributed by atoms with van der Waals surface area (Å²) < 4.78 is 5.14. The molecular weight excluding hydrogens is 470 g/mol. The molecule has 0 spiro atoms. The minimum Gasteiger partial charge on any atom is -0.497 e. The molecule has 11 heteroatoms. The van der Waals surface area contributed by atoms with Crippen LogP contribution < -0.4 is 10.1 Å². The summed E-state index contributed by atoms with van der Waals surface area (Å²) >= 11 is 1.25. The maximum Gasteiger partial charge on any atom is 0.254 e. The van der Waals surface area contributed by atoms with E-state index < -0.39 is 0 Å². The Balaban J connectivity index is 1.29. The highest BCUT2D eigenvalue weighted by molar-refractivity contribution is 7.13. The normalized spacial score (nSPS) is 15.5. The fourth-order valence-electron chi connectivity index (χ4n) is 3.95. The lowest BCUT2D eigenvalue weighted by molar-refractivity contribution is -0.138. The van der Waals surface area contributed by atoms with Crippen molar-refractivity contribution in [2.45, 2.75) is 32.2 Å². The van der Waals surface area contributed by atoms with Gasteiger partial charge in [-0.25, -0.2) is 4.98 Å². The van der Waals surface area contributed by atoms with Gasteiger partial charge < -0.3 is 24.8 Å². The standard InChI is InChI=1S/C24H29N5O5S/c1-16(30)27-9-11-28(12-10-27)22(32)13-18-15-35-24(25-18)26-21(31)14-29(19-5-6-19)23(33)17-3-7-20(34-2)8-4-17/h3-4,7-8,15,19H,5-6,9-14H2,1-2H3,(H,25,26,31). The first-order valence-electron chi connectivity index (χ1n) is 11.6. The first-order valence-corrected chi connectivity index (χ1v) is 12.4. The van der Waals surface area contributed by atoms with Gasteiger partial charge in [0.2, 0.25) is 17.7 Å². The molecule has 0 bridgehead atoms. The van der Waals surface area contributed by atoms with E-state index in [-0.39, 0.29) is 42.6 Å². The van der Waals surface area contributed by atoms with E-state index in [1.165, 1.54) is 18.3 Å². The summed E-state index contributed by atoms with van der Waals surface area (Å²) in [7, 11) is 1.56. The lowest BCUT2D eigenvalue weighted by Gasteiger charge is -2.34. The molecule has 0 atom stereocenters. The second-order valence-electron chi connectivity index (χ2n) is 8.65. The topological polar surface area (TPSA) is 112 Å². The highest BCUT2D eigenvalue weighted by Crippen LogP contribution is 2.28. The molecular formula is C24H29N5O5S. The second kappa shape index (κ2) is 10.9. The Morgan fingerprint density at radius 2 is 1.74 bits per heavy atom. The predicted molar refractivity (Wildman–Crippen MR) is 130 cm³/mol. The Kier molecular flexibility index (Phi) is 7.64. The SMILES string of the molecule is COc1ccc(C(=O)N(CC(=O)Nc2nc(CC(=O)N3CCN(C(C)=O)CC3)cs2)C2CC2)cc1. The van der Waals surface area contributed by atoms with Crippen molar-refractivity contribution in [1.82, 2.24) is 19.7 Å². The van der Waals surface area contributed by atoms with E-state index in [1.807, 2.05) is 0 Å². The van der Waals surface area contributed by atoms with Crippen LogP contribution >= 0.6 is 11.3 Å². The number of rotatable bonds is 8. The Morgan fingerprint density at radius 1 is 1.09 bits per heavy atom. The van der Waals surface area contributed by atoms with Crippen LogP contribution in [0.5, 0.6) is 5.75 Å². The van der Waals surface area contributed by atoms with Gasteiger partial charge in [0.25, 0.3) is 5.91 Å². The molecule has 4 rings (SSSR count). The Hall–Kier alpha value is -3.47. The molecule has 1 aromatic heterocycles. The molecule has 2 fully saturated rings. The predicted octanol–water partition coefficient (Wildman–Crippen LogP) is 1.63. The molecule has 186 valence electrons. The third-order valence-electron chi connectivity index (χ3n) is 6.11. The summed E-state index contributed by atoms with van der Waals surface area (Å²) in [4.78, 5) is 59.1. The third kappa shape index (κ3) is 6.36. The first-order chi connectivity index (χ1) is 16.8. The summed E-state index contributed by atoms with van der Waals surface area (Å²) in [5.74, 6) is 0.102. The molecule has 1 N–H and O–H groups in total. The number of aromatic nitrogens is 1. The average Bonchev–Trinajstić information content (AvgIpc) is 3.62. The number of carbonyl (C=O) groups is 4. The number of amides is 4. The summed E-state index contributed by atoms with van der Waals surface area (Å²) in [6.07, 6.45) is 1.88. The lowest BCUT2D eigenvalue weighted by atomic mass is 10.2. The van der Waals surface area contributed by atoms with Crippen LogP contribution in [0.15, 0.2) is 29.6 Å². The summed E-state index contributed by atoms with van der Waals surface area (Å²) in [5.41, 5.74) is 1.09. The number of ether oxygens (including phenoxy) is 1. The summed E-state index contributed by atoms with van der Waals surface area (Å²) in [6, 6.07) is 6.89. The molecule has 1 aliphatic carbocycles. The number of carbonyl (C=O) groups excluding carboxylic acids is 4. The first kappa shape index (κ1) is 24.6. The Labute approximate surface area is 207 Å². The van der Waals surface area contributed by atoms with Crippen molar-refractivity contribution in [1.29, 1.82) is 0 Å². The van der Waals surface area contributed by atoms with E-state index in [2.05, 4.69) is 10.3 Å². The highest BCUT2D eigenvalue weighted by atomic mass is 32.1. The van der Waals surface area contributed by atoms with Crippen LogP contribution in [0.4, 0.5) is 5.13 Å². The van der Waals surface area contributed by atoms with Gasteiger partial charge in [0.1, 0.15) is 12.3 Å². The second-order valence-corrected chi connectivity index (χ2v) is 9.51. The number of thiazole rings is 1. The molecule has 0 unspecified atom stereocenters. The summed E-state index contributed by atoms with van der Waals surface area (Å²) in [6.45, 7) is 3.54. The maximum atomic E-state index is 13.0. The number of piperazine rings is 1. The van der Waals surface area contributed by atoms with Crippen molar-refractivity contribution in [3.05, 3.63) is 40.9 Å². The Morgan fingerprint density at radius 3 is 2.34 bits per heavy atom. The van der Waals surface area contributed by atoms with Crippen molar-refractivity contribution < 1.29 is 23.9 Å². The number of anilines is 1. The van der Waals surface area contributed by atoms with Crippen LogP contribution in [-0.2, 0) is 20.8 Å². The molecule has 2 aliphatic rings. The van der Waals surface area contributed by atoms with Crippen LogP contribution in [-0.4, -0.2) is 89.2 Å². The number of benzene rings is 1. The van der Waals surface area contributed by atoms with E-state index >= 15 is 0 Å². The van der Waals surface area contributed by atoms with Crippen LogP contribution in [0.25, 0.3) is 0 Å². The monoisotopic (exact) mass is 499 g/mol. The molecule has 0 radical (unpaired) electrons. The number of hydrogen-bond acceptors (Lipinski definition) is 7. The lowest BCUT2D eigenvalue weighted by Crippen LogP contribution is -2.50. The minimum atomic E-state index is -0.327. The van der Waals surface area contributed by atoms with Gasteiger partial charge in [-0.05, 0) is 37.1 Å².